The van der Waals surface area contributed by atoms with Gasteiger partial charge in [0.25, 0.3) is 0 Å². The third-order valence-electron chi connectivity index (χ3n) is 1.75. The van der Waals surface area contributed by atoms with E-state index in [1.165, 1.54) is 25.7 Å². The maximum Gasteiger partial charge on any atom is 0 e. The molecule has 0 aromatic rings. The van der Waals surface area contributed by atoms with Crippen LogP contribution in [0.2, 0.25) is 0 Å². The van der Waals surface area contributed by atoms with Crippen molar-refractivity contribution in [1.82, 2.24) is 0 Å². The molecular weight excluding hydrogens is 187 g/mol. The van der Waals surface area contributed by atoms with Crippen molar-refractivity contribution in [3.63, 3.8) is 0 Å². The van der Waals surface area contributed by atoms with Crippen molar-refractivity contribution < 1.29 is 26.2 Å². The smallest absolute Gasteiger partial charge is 0 e. The van der Waals surface area contributed by atoms with Crippen molar-refractivity contribution in [3.8, 4) is 0 Å². The van der Waals surface area contributed by atoms with Crippen LogP contribution in [0.25, 0.3) is 0 Å². The summed E-state index contributed by atoms with van der Waals surface area (Å²) in [5, 5.41) is 0. The Balaban J connectivity index is 0. The van der Waals surface area contributed by atoms with Crippen LogP contribution in [-0.4, -0.2) is 0 Å². The number of hydrogen-bond donors (Lipinski definition) is 0. The molecule has 0 nitrogen and oxygen atoms in total. The first-order valence-corrected chi connectivity index (χ1v) is 3.81. The monoisotopic (exact) mass is 204 g/mol. The van der Waals surface area contributed by atoms with Gasteiger partial charge in [0.05, 0.1) is 0 Å². The van der Waals surface area contributed by atoms with E-state index >= 15 is 0 Å². The molecule has 0 fully saturated rings. The summed E-state index contributed by atoms with van der Waals surface area (Å²) in [7, 11) is 0. The van der Waals surface area contributed by atoms with Crippen LogP contribution >= 0.6 is 0 Å². The Labute approximate surface area is 78.5 Å². The largest absolute Gasteiger partial charge is 0.0654 e. The molecule has 0 aromatic carbocycles. The van der Waals surface area contributed by atoms with E-state index in [1.54, 1.807) is 0 Å². The van der Waals surface area contributed by atoms with Gasteiger partial charge in [-0.05, 0) is 5.92 Å². The molecule has 0 spiro atoms. The van der Waals surface area contributed by atoms with Crippen molar-refractivity contribution in [2.75, 3.05) is 0 Å². The standard InChI is InChI=1S/C8H18.Zr/c1-4-6-7-8(3)5-2;/h8H,4-7H2,1-3H3;. The van der Waals surface area contributed by atoms with Crippen molar-refractivity contribution in [2.45, 2.75) is 46.5 Å². The fourth-order valence-corrected chi connectivity index (χ4v) is 0.757. The zero-order valence-electron chi connectivity index (χ0n) is 6.91. The fourth-order valence-electron chi connectivity index (χ4n) is 0.757. The first-order chi connectivity index (χ1) is 3.81. The zero-order valence-corrected chi connectivity index (χ0v) is 9.36. The molecule has 1 heteroatoms. The molecule has 1 atom stereocenters. The zero-order chi connectivity index (χ0) is 6.41. The van der Waals surface area contributed by atoms with Gasteiger partial charge in [0.15, 0.2) is 0 Å². The maximum absolute atomic E-state index is 2.33. The molecule has 0 saturated carbocycles. The van der Waals surface area contributed by atoms with Gasteiger partial charge in [0.2, 0.25) is 0 Å². The molecule has 0 aliphatic rings. The molecule has 54 valence electrons. The van der Waals surface area contributed by atoms with Gasteiger partial charge in [0, 0.05) is 26.2 Å². The quantitative estimate of drug-likeness (QED) is 0.661. The Morgan fingerprint density at radius 2 is 1.78 bits per heavy atom. The average molecular weight is 205 g/mol. The Bertz CT molecular complexity index is 43.8. The molecule has 0 aliphatic carbocycles. The minimum atomic E-state index is 0. The van der Waals surface area contributed by atoms with Crippen molar-refractivity contribution >= 4 is 0 Å². The second kappa shape index (κ2) is 8.88. The van der Waals surface area contributed by atoms with Crippen LogP contribution in [0.3, 0.4) is 0 Å². The van der Waals surface area contributed by atoms with Gasteiger partial charge in [-0.15, -0.1) is 0 Å². The number of unbranched alkanes of at least 4 members (excludes halogenated alkanes) is 1. The molecule has 0 saturated heterocycles. The third-order valence-corrected chi connectivity index (χ3v) is 1.75. The Morgan fingerprint density at radius 3 is 2.11 bits per heavy atom. The molecule has 0 aromatic heterocycles. The van der Waals surface area contributed by atoms with Crippen LogP contribution in [0, 0.1) is 5.92 Å². The van der Waals surface area contributed by atoms with E-state index in [9.17, 15) is 0 Å². The van der Waals surface area contributed by atoms with Crippen molar-refractivity contribution in [3.05, 3.63) is 0 Å². The van der Waals surface area contributed by atoms with E-state index in [0.29, 0.717) is 0 Å². The van der Waals surface area contributed by atoms with Crippen LogP contribution < -0.4 is 0 Å². The molecule has 9 heavy (non-hydrogen) atoms. The summed E-state index contributed by atoms with van der Waals surface area (Å²) in [6.45, 7) is 6.85. The molecule has 0 radical (unpaired) electrons. The first-order valence-electron chi connectivity index (χ1n) is 3.81. The molecule has 0 rings (SSSR count). The minimum Gasteiger partial charge on any atom is -0.0654 e. The molecule has 0 heterocycles. The average Bonchev–Trinajstić information content (AvgIpc) is 1.83. The predicted octanol–water partition coefficient (Wildman–Crippen LogP) is 3.22. The van der Waals surface area contributed by atoms with Gasteiger partial charge < -0.3 is 0 Å². The summed E-state index contributed by atoms with van der Waals surface area (Å²) in [6, 6.07) is 0. The maximum atomic E-state index is 2.33. The molecule has 0 N–H and O–H groups in total. The van der Waals surface area contributed by atoms with Gasteiger partial charge >= 0.3 is 0 Å². The van der Waals surface area contributed by atoms with E-state index in [0.717, 1.165) is 5.92 Å². The molecule has 1 unspecified atom stereocenters. The molecule has 0 bridgehead atoms. The van der Waals surface area contributed by atoms with Crippen LogP contribution in [0.15, 0.2) is 0 Å². The first kappa shape index (κ1) is 12.5. The SMILES string of the molecule is CCCCC(C)CC.[Zr]. The van der Waals surface area contributed by atoms with Gasteiger partial charge in [-0.1, -0.05) is 46.5 Å². The summed E-state index contributed by atoms with van der Waals surface area (Å²) < 4.78 is 0. The Kier molecular flexibility index (Phi) is 12.4. The van der Waals surface area contributed by atoms with E-state index in [4.69, 9.17) is 0 Å². The van der Waals surface area contributed by atoms with Crippen molar-refractivity contribution in [1.29, 1.82) is 0 Å². The van der Waals surface area contributed by atoms with Gasteiger partial charge in [-0.25, -0.2) is 0 Å². The molecule has 0 aliphatic heterocycles. The Hall–Kier alpha value is 0.883. The van der Waals surface area contributed by atoms with Gasteiger partial charge in [-0.2, -0.15) is 0 Å². The number of hydrogen-bond acceptors (Lipinski definition) is 0. The van der Waals surface area contributed by atoms with Crippen LogP contribution in [-0.2, 0) is 26.2 Å². The van der Waals surface area contributed by atoms with E-state index < -0.39 is 0 Å². The summed E-state index contributed by atoms with van der Waals surface area (Å²) in [5.41, 5.74) is 0. The molecular formula is C8H18Zr. The second-order valence-corrected chi connectivity index (χ2v) is 2.66. The van der Waals surface area contributed by atoms with Crippen molar-refractivity contribution in [2.24, 2.45) is 5.92 Å². The normalized spacial score (nSPS) is 12.3. The predicted molar refractivity (Wildman–Crippen MR) is 39.0 cm³/mol. The Morgan fingerprint density at radius 1 is 1.22 bits per heavy atom. The summed E-state index contributed by atoms with van der Waals surface area (Å²) >= 11 is 0. The van der Waals surface area contributed by atoms with Gasteiger partial charge in [0.1, 0.15) is 0 Å². The van der Waals surface area contributed by atoms with Gasteiger partial charge in [-0.3, -0.25) is 0 Å². The van der Waals surface area contributed by atoms with E-state index in [1.807, 2.05) is 0 Å². The molecule has 0 amide bonds. The van der Waals surface area contributed by atoms with Crippen LogP contribution in [0.1, 0.15) is 46.5 Å². The summed E-state index contributed by atoms with van der Waals surface area (Å²) in [6.07, 6.45) is 5.53. The van der Waals surface area contributed by atoms with E-state index in [-0.39, 0.29) is 26.2 Å². The summed E-state index contributed by atoms with van der Waals surface area (Å²) in [4.78, 5) is 0. The topological polar surface area (TPSA) is 0 Å². The third kappa shape index (κ3) is 8.88. The number of rotatable bonds is 4. The minimum absolute atomic E-state index is 0. The fraction of sp³-hybridized carbons (Fsp3) is 1.00. The summed E-state index contributed by atoms with van der Waals surface area (Å²) in [5.74, 6) is 0.954. The van der Waals surface area contributed by atoms with Crippen LogP contribution in [0.4, 0.5) is 0 Å². The van der Waals surface area contributed by atoms with Crippen LogP contribution in [0.5, 0.6) is 0 Å². The second-order valence-electron chi connectivity index (χ2n) is 2.66. The van der Waals surface area contributed by atoms with E-state index in [2.05, 4.69) is 20.8 Å².